The van der Waals surface area contributed by atoms with E-state index in [0.29, 0.717) is 0 Å². The summed E-state index contributed by atoms with van der Waals surface area (Å²) in [5.41, 5.74) is 2.37. The molecule has 0 atom stereocenters. The molecule has 0 aliphatic carbocycles. The van der Waals surface area contributed by atoms with Crippen molar-refractivity contribution in [3.8, 4) is 0 Å². The van der Waals surface area contributed by atoms with Crippen LogP contribution in [0.2, 0.25) is 0 Å². The van der Waals surface area contributed by atoms with Crippen LogP contribution in [0.4, 0.5) is 0 Å². The Kier molecular flexibility index (Phi) is 3.10. The number of aryl methyl sites for hydroxylation is 2. The third kappa shape index (κ3) is 2.34. The molecule has 0 unspecified atom stereocenters. The van der Waals surface area contributed by atoms with Gasteiger partial charge >= 0.3 is 0 Å². The van der Waals surface area contributed by atoms with E-state index in [4.69, 9.17) is 0 Å². The van der Waals surface area contributed by atoms with Crippen LogP contribution in [-0.4, -0.2) is 0 Å². The molecule has 2 heterocycles. The van der Waals surface area contributed by atoms with Gasteiger partial charge < -0.3 is 0 Å². The molecule has 0 radical (unpaired) electrons. The van der Waals surface area contributed by atoms with Crippen molar-refractivity contribution in [3.05, 3.63) is 60.2 Å². The number of hydrogen-bond donors (Lipinski definition) is 0. The summed E-state index contributed by atoms with van der Waals surface area (Å²) in [6.07, 6.45) is 8.33. The van der Waals surface area contributed by atoms with E-state index < -0.39 is 0 Å². The van der Waals surface area contributed by atoms with Crippen LogP contribution < -0.4 is 9.13 Å². The summed E-state index contributed by atoms with van der Waals surface area (Å²) in [5, 5.41) is 0. The zero-order chi connectivity index (χ0) is 11.4. The highest BCUT2D eigenvalue weighted by Gasteiger charge is 2.02. The maximum Gasteiger partial charge on any atom is 0.205 e. The van der Waals surface area contributed by atoms with Crippen LogP contribution in [-0.2, 0) is 14.1 Å². The Morgan fingerprint density at radius 3 is 1.56 bits per heavy atom. The minimum Gasteiger partial charge on any atom is -0.202 e. The summed E-state index contributed by atoms with van der Waals surface area (Å²) in [5.74, 6) is 0. The molecule has 2 aromatic heterocycles. The number of aromatic nitrogens is 2. The molecule has 0 N–H and O–H groups in total. The summed E-state index contributed by atoms with van der Waals surface area (Å²) in [6.45, 7) is 0. The minimum atomic E-state index is 1.19. The lowest BCUT2D eigenvalue weighted by atomic mass is 10.2. The van der Waals surface area contributed by atoms with E-state index in [0.717, 1.165) is 0 Å². The van der Waals surface area contributed by atoms with Gasteiger partial charge in [0.05, 0.1) is 0 Å². The van der Waals surface area contributed by atoms with Gasteiger partial charge in [-0.05, 0) is 12.1 Å². The van der Waals surface area contributed by atoms with Crippen molar-refractivity contribution in [1.29, 1.82) is 0 Å². The highest BCUT2D eigenvalue weighted by Crippen LogP contribution is 2.00. The van der Waals surface area contributed by atoms with Crippen molar-refractivity contribution in [3.63, 3.8) is 0 Å². The minimum absolute atomic E-state index is 1.19. The molecule has 2 heteroatoms. The normalized spacial score (nSPS) is 10.9. The lowest BCUT2D eigenvalue weighted by Crippen LogP contribution is -2.31. The Bertz CT molecular complexity index is 468. The molecular weight excluding hydrogens is 196 g/mol. The Balaban J connectivity index is 2.29. The first-order valence-electron chi connectivity index (χ1n) is 5.35. The summed E-state index contributed by atoms with van der Waals surface area (Å²) in [6, 6.07) is 12.3. The molecule has 0 aromatic carbocycles. The molecule has 0 fully saturated rings. The molecule has 0 saturated carbocycles. The molecule has 2 nitrogen and oxygen atoms in total. The quantitative estimate of drug-likeness (QED) is 0.667. The molecule has 80 valence electrons. The summed E-state index contributed by atoms with van der Waals surface area (Å²) in [4.78, 5) is 0. The zero-order valence-corrected chi connectivity index (χ0v) is 9.67. The fourth-order valence-corrected chi connectivity index (χ4v) is 1.59. The van der Waals surface area contributed by atoms with Gasteiger partial charge in [0.1, 0.15) is 14.1 Å². The topological polar surface area (TPSA) is 7.76 Å². The molecule has 0 bridgehead atoms. The van der Waals surface area contributed by atoms with Crippen molar-refractivity contribution in [1.82, 2.24) is 0 Å². The molecule has 2 rings (SSSR count). The predicted octanol–water partition coefficient (Wildman–Crippen LogP) is 1.51. The average molecular weight is 212 g/mol. The molecule has 2 aromatic rings. The highest BCUT2D eigenvalue weighted by atomic mass is 14.9. The van der Waals surface area contributed by atoms with E-state index in [1.54, 1.807) is 0 Å². The van der Waals surface area contributed by atoms with E-state index in [1.807, 2.05) is 50.8 Å². The summed E-state index contributed by atoms with van der Waals surface area (Å²) < 4.78 is 4.19. The second kappa shape index (κ2) is 4.71. The number of rotatable bonds is 2. The van der Waals surface area contributed by atoms with E-state index in [-0.39, 0.29) is 0 Å². The van der Waals surface area contributed by atoms with E-state index >= 15 is 0 Å². The van der Waals surface area contributed by atoms with E-state index in [2.05, 4.69) is 33.4 Å². The third-order valence-corrected chi connectivity index (χ3v) is 2.61. The number of pyridine rings is 2. The van der Waals surface area contributed by atoms with Gasteiger partial charge in [0, 0.05) is 36.4 Å². The standard InChI is InChI=1S/C14H16N2/c1-15-11-5-3-7-13(15)9-10-14-8-4-6-12-16(14)2/h3-12H,1-2H3/q+2/b10-9+. The van der Waals surface area contributed by atoms with E-state index in [1.165, 1.54) is 11.4 Å². The van der Waals surface area contributed by atoms with Crippen LogP contribution in [0, 0.1) is 0 Å². The number of nitrogens with zero attached hydrogens (tertiary/aromatic N) is 2. The summed E-state index contributed by atoms with van der Waals surface area (Å²) in [7, 11) is 4.09. The molecule has 0 amide bonds. The second-order valence-electron chi connectivity index (χ2n) is 3.81. The first-order valence-corrected chi connectivity index (χ1v) is 5.35. The van der Waals surface area contributed by atoms with Crippen molar-refractivity contribution in [2.24, 2.45) is 14.1 Å². The van der Waals surface area contributed by atoms with Crippen molar-refractivity contribution in [2.75, 3.05) is 0 Å². The van der Waals surface area contributed by atoms with Crippen molar-refractivity contribution < 1.29 is 9.13 Å². The Morgan fingerprint density at radius 2 is 1.19 bits per heavy atom. The van der Waals surface area contributed by atoms with Crippen molar-refractivity contribution in [2.45, 2.75) is 0 Å². The monoisotopic (exact) mass is 212 g/mol. The first kappa shape index (κ1) is 10.6. The van der Waals surface area contributed by atoms with Crippen LogP contribution in [0.5, 0.6) is 0 Å². The van der Waals surface area contributed by atoms with Crippen LogP contribution in [0.25, 0.3) is 12.2 Å². The molecule has 0 saturated heterocycles. The number of hydrogen-bond acceptors (Lipinski definition) is 0. The SMILES string of the molecule is C[n+]1ccccc1/C=C/c1cccc[n+]1C. The fraction of sp³-hybridized carbons (Fsp3) is 0.143. The predicted molar refractivity (Wildman–Crippen MR) is 64.2 cm³/mol. The third-order valence-electron chi connectivity index (χ3n) is 2.61. The molecule has 0 aliphatic rings. The smallest absolute Gasteiger partial charge is 0.202 e. The van der Waals surface area contributed by atoms with Crippen LogP contribution in [0.15, 0.2) is 48.8 Å². The van der Waals surface area contributed by atoms with Crippen LogP contribution in [0.3, 0.4) is 0 Å². The van der Waals surface area contributed by atoms with Gasteiger partial charge in [-0.2, -0.15) is 0 Å². The summed E-state index contributed by atoms with van der Waals surface area (Å²) >= 11 is 0. The van der Waals surface area contributed by atoms with Gasteiger partial charge in [0.2, 0.25) is 11.4 Å². The molecule has 0 spiro atoms. The molecular formula is C14H16N2+2. The first-order chi connectivity index (χ1) is 7.77. The van der Waals surface area contributed by atoms with Gasteiger partial charge in [0.25, 0.3) is 0 Å². The van der Waals surface area contributed by atoms with Crippen LogP contribution in [0.1, 0.15) is 11.4 Å². The largest absolute Gasteiger partial charge is 0.205 e. The average Bonchev–Trinajstić information content (AvgIpc) is 2.30. The van der Waals surface area contributed by atoms with E-state index in [9.17, 15) is 0 Å². The van der Waals surface area contributed by atoms with Gasteiger partial charge in [-0.3, -0.25) is 0 Å². The van der Waals surface area contributed by atoms with Gasteiger partial charge in [-0.25, -0.2) is 9.13 Å². The van der Waals surface area contributed by atoms with Crippen LogP contribution >= 0.6 is 0 Å². The lowest BCUT2D eigenvalue weighted by Gasteiger charge is -1.93. The van der Waals surface area contributed by atoms with Gasteiger partial charge in [0.15, 0.2) is 12.4 Å². The molecule has 0 aliphatic heterocycles. The second-order valence-corrected chi connectivity index (χ2v) is 3.81. The lowest BCUT2D eigenvalue weighted by molar-refractivity contribution is -0.674. The zero-order valence-electron chi connectivity index (χ0n) is 9.67. The molecule has 16 heavy (non-hydrogen) atoms. The Morgan fingerprint density at radius 1 is 0.750 bits per heavy atom. The van der Waals surface area contributed by atoms with Crippen molar-refractivity contribution >= 4 is 12.2 Å². The fourth-order valence-electron chi connectivity index (χ4n) is 1.59. The Labute approximate surface area is 96.1 Å². The maximum atomic E-state index is 2.12. The highest BCUT2D eigenvalue weighted by molar-refractivity contribution is 5.63. The van der Waals surface area contributed by atoms with Gasteiger partial charge in [-0.1, -0.05) is 0 Å². The Hall–Kier alpha value is -1.96. The maximum absolute atomic E-state index is 2.12. The van der Waals surface area contributed by atoms with Gasteiger partial charge in [-0.15, -0.1) is 0 Å².